The molecule has 0 aromatic heterocycles. The molecule has 1 aromatic rings. The average Bonchev–Trinajstić information content (AvgIpc) is 2.79. The highest BCUT2D eigenvalue weighted by molar-refractivity contribution is 6.02. The summed E-state index contributed by atoms with van der Waals surface area (Å²) in [6, 6.07) is 3.80. The largest absolute Gasteiger partial charge is 0.491 e. The first-order valence-electron chi connectivity index (χ1n) is 9.91. The molecule has 0 saturated carbocycles. The van der Waals surface area contributed by atoms with Crippen molar-refractivity contribution in [2.75, 3.05) is 32.9 Å². The number of ketones is 1. The van der Waals surface area contributed by atoms with Crippen LogP contribution in [0.3, 0.4) is 0 Å². The van der Waals surface area contributed by atoms with Crippen molar-refractivity contribution in [3.05, 3.63) is 29.8 Å². The van der Waals surface area contributed by atoms with Crippen molar-refractivity contribution in [2.24, 2.45) is 0 Å². The fourth-order valence-corrected chi connectivity index (χ4v) is 2.84. The number of nitrogens with one attached hydrogen (secondary N) is 2. The number of Topliss-reactive ketones (excluding diaryl/α,β-unsaturated/α-hetero) is 1. The first-order valence-corrected chi connectivity index (χ1v) is 9.91. The van der Waals surface area contributed by atoms with Gasteiger partial charge in [-0.1, -0.05) is 0 Å². The van der Waals surface area contributed by atoms with E-state index in [-0.39, 0.29) is 24.0 Å². The van der Waals surface area contributed by atoms with Crippen LogP contribution in [0.25, 0.3) is 0 Å². The number of ether oxygens (including phenoxy) is 3. The minimum Gasteiger partial charge on any atom is -0.482 e. The zero-order chi connectivity index (χ0) is 24.4. The van der Waals surface area contributed by atoms with E-state index in [0.717, 1.165) is 25.9 Å². The van der Waals surface area contributed by atoms with Gasteiger partial charge in [0.15, 0.2) is 12.4 Å². The van der Waals surface area contributed by atoms with Gasteiger partial charge in [-0.05, 0) is 50.2 Å². The SMILES string of the molecule is O=C(COC1CCNCC1)NC(CO)C(=O)c1ccc(OCC(=O)OC(=O)C(F)(F)F)cc1. The van der Waals surface area contributed by atoms with Crippen LogP contribution in [0.4, 0.5) is 13.2 Å². The first-order chi connectivity index (χ1) is 15.6. The third-order valence-electron chi connectivity index (χ3n) is 4.50. The summed E-state index contributed by atoms with van der Waals surface area (Å²) in [4.78, 5) is 46.4. The van der Waals surface area contributed by atoms with Crippen LogP contribution in [0.2, 0.25) is 0 Å². The minimum atomic E-state index is -5.31. The second kappa shape index (κ2) is 12.3. The van der Waals surface area contributed by atoms with Crippen molar-refractivity contribution in [3.63, 3.8) is 0 Å². The lowest BCUT2D eigenvalue weighted by Gasteiger charge is -2.23. The van der Waals surface area contributed by atoms with Crippen LogP contribution in [0.15, 0.2) is 24.3 Å². The second-order valence-corrected chi connectivity index (χ2v) is 7.00. The van der Waals surface area contributed by atoms with Gasteiger partial charge < -0.3 is 30.0 Å². The molecule has 2 rings (SSSR count). The smallest absolute Gasteiger partial charge is 0.482 e. The lowest BCUT2D eigenvalue weighted by molar-refractivity contribution is -0.202. The minimum absolute atomic E-state index is 0.00270. The Morgan fingerprint density at radius 1 is 1.09 bits per heavy atom. The first kappa shape index (κ1) is 26.2. The Morgan fingerprint density at radius 3 is 2.30 bits per heavy atom. The molecular formula is C20H23F3N2O8. The Morgan fingerprint density at radius 2 is 1.73 bits per heavy atom. The predicted molar refractivity (Wildman–Crippen MR) is 104 cm³/mol. The summed E-state index contributed by atoms with van der Waals surface area (Å²) in [6.45, 7) is -0.307. The van der Waals surface area contributed by atoms with Crippen molar-refractivity contribution in [2.45, 2.75) is 31.2 Å². The number of piperidine rings is 1. The number of rotatable bonds is 10. The molecule has 1 fully saturated rings. The fourth-order valence-electron chi connectivity index (χ4n) is 2.84. The highest BCUT2D eigenvalue weighted by Gasteiger charge is 2.42. The monoisotopic (exact) mass is 476 g/mol. The Hall–Kier alpha value is -3.03. The molecule has 0 aliphatic carbocycles. The van der Waals surface area contributed by atoms with Crippen LogP contribution < -0.4 is 15.4 Å². The summed E-state index contributed by atoms with van der Waals surface area (Å²) in [5.41, 5.74) is 0.0933. The molecular weight excluding hydrogens is 453 g/mol. The van der Waals surface area contributed by atoms with Crippen LogP contribution in [-0.2, 0) is 23.9 Å². The van der Waals surface area contributed by atoms with Gasteiger partial charge >= 0.3 is 18.1 Å². The zero-order valence-electron chi connectivity index (χ0n) is 17.4. The van der Waals surface area contributed by atoms with Gasteiger partial charge in [-0.25, -0.2) is 9.59 Å². The van der Waals surface area contributed by atoms with E-state index < -0.39 is 49.1 Å². The quantitative estimate of drug-likeness (QED) is 0.244. The number of benzene rings is 1. The van der Waals surface area contributed by atoms with Gasteiger partial charge in [-0.15, -0.1) is 0 Å². The second-order valence-electron chi connectivity index (χ2n) is 7.00. The van der Waals surface area contributed by atoms with Gasteiger partial charge in [0.2, 0.25) is 5.91 Å². The maximum Gasteiger partial charge on any atom is 0.491 e. The number of alkyl halides is 3. The van der Waals surface area contributed by atoms with Crippen LogP contribution in [-0.4, -0.2) is 80.0 Å². The zero-order valence-corrected chi connectivity index (χ0v) is 17.4. The van der Waals surface area contributed by atoms with E-state index in [1.807, 2.05) is 0 Å². The number of aliphatic hydroxyl groups excluding tert-OH is 1. The Bertz CT molecular complexity index is 839. The number of carbonyl (C=O) groups excluding carboxylic acids is 4. The van der Waals surface area contributed by atoms with Gasteiger partial charge in [0.1, 0.15) is 18.4 Å². The van der Waals surface area contributed by atoms with Crippen molar-refractivity contribution in [3.8, 4) is 5.75 Å². The molecule has 1 unspecified atom stereocenters. The Kier molecular flexibility index (Phi) is 9.75. The third-order valence-corrected chi connectivity index (χ3v) is 4.50. The Balaban J connectivity index is 1.82. The molecule has 182 valence electrons. The molecule has 1 aliphatic heterocycles. The van der Waals surface area contributed by atoms with Crippen molar-refractivity contribution in [1.82, 2.24) is 10.6 Å². The van der Waals surface area contributed by atoms with E-state index >= 15 is 0 Å². The van der Waals surface area contributed by atoms with E-state index in [1.165, 1.54) is 24.3 Å². The maximum atomic E-state index is 12.5. The van der Waals surface area contributed by atoms with Gasteiger partial charge in [-0.3, -0.25) is 9.59 Å². The van der Waals surface area contributed by atoms with Crippen LogP contribution in [0.5, 0.6) is 5.75 Å². The van der Waals surface area contributed by atoms with Gasteiger partial charge in [0.25, 0.3) is 0 Å². The molecule has 0 spiro atoms. The number of hydrogen-bond donors (Lipinski definition) is 3. The van der Waals surface area contributed by atoms with E-state index in [9.17, 15) is 37.5 Å². The molecule has 1 saturated heterocycles. The predicted octanol–water partition coefficient (Wildman–Crippen LogP) is 0.126. The summed E-state index contributed by atoms with van der Waals surface area (Å²) in [6.07, 6.45) is -3.84. The molecule has 0 bridgehead atoms. The molecule has 1 atom stereocenters. The van der Waals surface area contributed by atoms with Crippen LogP contribution >= 0.6 is 0 Å². The normalized spacial score (nSPS) is 15.4. The van der Waals surface area contributed by atoms with Crippen LogP contribution in [0, 0.1) is 0 Å². The molecule has 1 aromatic carbocycles. The summed E-state index contributed by atoms with van der Waals surface area (Å²) in [5.74, 6) is -5.37. The molecule has 10 nitrogen and oxygen atoms in total. The topological polar surface area (TPSA) is 140 Å². The molecule has 0 radical (unpaired) electrons. The summed E-state index contributed by atoms with van der Waals surface area (Å²) in [5, 5.41) is 15.0. The average molecular weight is 476 g/mol. The Labute approximate surface area is 186 Å². The summed E-state index contributed by atoms with van der Waals surface area (Å²) in [7, 11) is 0. The number of carbonyl (C=O) groups is 4. The fraction of sp³-hybridized carbons (Fsp3) is 0.500. The number of hydrogen-bond acceptors (Lipinski definition) is 9. The van der Waals surface area contributed by atoms with E-state index in [2.05, 4.69) is 15.4 Å². The molecule has 1 heterocycles. The van der Waals surface area contributed by atoms with E-state index in [4.69, 9.17) is 9.47 Å². The standard InChI is InChI=1S/C20H23F3N2O8/c21-20(22,23)19(30)33-17(28)11-32-13-3-1-12(2-4-13)18(29)15(9-26)25-16(27)10-31-14-5-7-24-8-6-14/h1-4,14-15,24,26H,5-11H2,(H,25,27). The molecule has 33 heavy (non-hydrogen) atoms. The third kappa shape index (κ3) is 8.79. The van der Waals surface area contributed by atoms with Crippen LogP contribution in [0.1, 0.15) is 23.2 Å². The number of esters is 2. The highest BCUT2D eigenvalue weighted by Crippen LogP contribution is 2.17. The summed E-state index contributed by atoms with van der Waals surface area (Å²) >= 11 is 0. The summed E-state index contributed by atoms with van der Waals surface area (Å²) < 4.78 is 50.1. The lowest BCUT2D eigenvalue weighted by Crippen LogP contribution is -2.45. The number of aliphatic hydroxyl groups is 1. The molecule has 13 heteroatoms. The van der Waals surface area contributed by atoms with Crippen molar-refractivity contribution < 1.29 is 51.7 Å². The van der Waals surface area contributed by atoms with E-state index in [1.54, 1.807) is 0 Å². The van der Waals surface area contributed by atoms with Gasteiger partial charge in [0, 0.05) is 5.56 Å². The number of amides is 1. The molecule has 3 N–H and O–H groups in total. The highest BCUT2D eigenvalue weighted by atomic mass is 19.4. The molecule has 1 aliphatic rings. The molecule has 1 amide bonds. The van der Waals surface area contributed by atoms with Gasteiger partial charge in [-0.2, -0.15) is 13.2 Å². The lowest BCUT2D eigenvalue weighted by atomic mass is 10.0. The van der Waals surface area contributed by atoms with Crippen molar-refractivity contribution >= 4 is 23.6 Å². The number of halogens is 3. The van der Waals surface area contributed by atoms with Gasteiger partial charge in [0.05, 0.1) is 12.7 Å². The maximum absolute atomic E-state index is 12.5. The van der Waals surface area contributed by atoms with E-state index in [0.29, 0.717) is 0 Å². The van der Waals surface area contributed by atoms with Crippen molar-refractivity contribution in [1.29, 1.82) is 0 Å².